The van der Waals surface area contributed by atoms with Crippen LogP contribution in [0.3, 0.4) is 0 Å². The van der Waals surface area contributed by atoms with Gasteiger partial charge in [-0.25, -0.2) is 9.97 Å². The van der Waals surface area contributed by atoms with Gasteiger partial charge in [-0.3, -0.25) is 9.36 Å². The van der Waals surface area contributed by atoms with Gasteiger partial charge in [0.15, 0.2) is 5.16 Å². The molecule has 102 valence electrons. The minimum atomic E-state index is -0.0133. The Hall–Kier alpha value is -1.36. The first-order chi connectivity index (χ1) is 8.84. The average Bonchev–Trinajstić information content (AvgIpc) is 2.36. The Labute approximate surface area is 117 Å². The van der Waals surface area contributed by atoms with Gasteiger partial charge in [0.05, 0.1) is 0 Å². The highest BCUT2D eigenvalue weighted by molar-refractivity contribution is 7.98. The van der Waals surface area contributed by atoms with Crippen LogP contribution in [0.5, 0.6) is 0 Å². The number of nitrogens with zero attached hydrogens (tertiary/aromatic N) is 3. The quantitative estimate of drug-likeness (QED) is 0.625. The number of fused-ring (bicyclic) bond motifs is 1. The maximum atomic E-state index is 12.2. The second-order valence-electron chi connectivity index (χ2n) is 5.72. The van der Waals surface area contributed by atoms with Crippen molar-refractivity contribution in [3.05, 3.63) is 28.7 Å². The number of thioether (sulfide) groups is 1. The van der Waals surface area contributed by atoms with Crippen LogP contribution in [-0.4, -0.2) is 20.8 Å². The van der Waals surface area contributed by atoms with E-state index < -0.39 is 0 Å². The molecule has 0 saturated heterocycles. The summed E-state index contributed by atoms with van der Waals surface area (Å²) < 4.78 is 1.77. The normalized spacial score (nSPS) is 13.7. The molecule has 0 aromatic carbocycles. The zero-order valence-corrected chi connectivity index (χ0v) is 12.8. The molecule has 0 fully saturated rings. The van der Waals surface area contributed by atoms with Crippen molar-refractivity contribution in [2.45, 2.75) is 38.9 Å². The molecule has 19 heavy (non-hydrogen) atoms. The van der Waals surface area contributed by atoms with Crippen molar-refractivity contribution in [2.24, 2.45) is 5.41 Å². The number of hydrogen-bond acceptors (Lipinski definition) is 4. The number of pyridine rings is 1. The van der Waals surface area contributed by atoms with Crippen LogP contribution in [0.1, 0.15) is 33.7 Å². The predicted molar refractivity (Wildman–Crippen MR) is 79.7 cm³/mol. The molecule has 0 aliphatic heterocycles. The van der Waals surface area contributed by atoms with Crippen LogP contribution in [0.15, 0.2) is 28.3 Å². The van der Waals surface area contributed by atoms with Crippen LogP contribution in [0.25, 0.3) is 11.0 Å². The van der Waals surface area contributed by atoms with Crippen molar-refractivity contribution in [3.8, 4) is 0 Å². The Morgan fingerprint density at radius 2 is 2.00 bits per heavy atom. The van der Waals surface area contributed by atoms with E-state index in [1.54, 1.807) is 22.9 Å². The molecule has 2 heterocycles. The standard InChI is InChI=1S/C14H19N3OS/c1-9(14(2,3)4)17-11(18)7-6-10-8-15-13(19-5)16-12(10)17/h6-9H,1-5H3/t9-/m0/s1. The Morgan fingerprint density at radius 3 is 2.58 bits per heavy atom. The van der Waals surface area contributed by atoms with Crippen molar-refractivity contribution in [3.63, 3.8) is 0 Å². The zero-order valence-electron chi connectivity index (χ0n) is 12.0. The van der Waals surface area contributed by atoms with Crippen LogP contribution in [0.4, 0.5) is 0 Å². The number of aromatic nitrogens is 3. The van der Waals surface area contributed by atoms with E-state index in [4.69, 9.17) is 0 Å². The topological polar surface area (TPSA) is 47.8 Å². The van der Waals surface area contributed by atoms with E-state index in [0.717, 1.165) is 5.39 Å². The largest absolute Gasteiger partial charge is 0.289 e. The average molecular weight is 277 g/mol. The summed E-state index contributed by atoms with van der Waals surface area (Å²) in [6.45, 7) is 8.43. The molecule has 0 aliphatic rings. The van der Waals surface area contributed by atoms with Crippen LogP contribution in [-0.2, 0) is 0 Å². The molecule has 2 rings (SSSR count). The smallest absolute Gasteiger partial charge is 0.252 e. The first-order valence-corrected chi connectivity index (χ1v) is 7.49. The van der Waals surface area contributed by atoms with Crippen LogP contribution >= 0.6 is 11.8 Å². The van der Waals surface area contributed by atoms with Gasteiger partial charge >= 0.3 is 0 Å². The van der Waals surface area contributed by atoms with Gasteiger partial charge in [-0.05, 0) is 24.7 Å². The van der Waals surface area contributed by atoms with Crippen molar-refractivity contribution in [2.75, 3.05) is 6.26 Å². The molecule has 0 radical (unpaired) electrons. The fourth-order valence-electron chi connectivity index (χ4n) is 1.88. The minimum Gasteiger partial charge on any atom is -0.289 e. The molecule has 0 saturated carbocycles. The van der Waals surface area contributed by atoms with E-state index in [1.165, 1.54) is 11.8 Å². The molecular weight excluding hydrogens is 258 g/mol. The first-order valence-electron chi connectivity index (χ1n) is 6.27. The molecule has 0 unspecified atom stereocenters. The molecule has 5 heteroatoms. The Morgan fingerprint density at radius 1 is 1.32 bits per heavy atom. The highest BCUT2D eigenvalue weighted by atomic mass is 32.2. The van der Waals surface area contributed by atoms with Crippen LogP contribution < -0.4 is 5.56 Å². The lowest BCUT2D eigenvalue weighted by molar-refractivity contribution is 0.262. The van der Waals surface area contributed by atoms with Gasteiger partial charge < -0.3 is 0 Å². The fraction of sp³-hybridized carbons (Fsp3) is 0.500. The van der Waals surface area contributed by atoms with Gasteiger partial charge in [-0.2, -0.15) is 0 Å². The maximum Gasteiger partial charge on any atom is 0.252 e. The van der Waals surface area contributed by atoms with Crippen molar-refractivity contribution >= 4 is 22.8 Å². The lowest BCUT2D eigenvalue weighted by Gasteiger charge is -2.29. The molecule has 0 spiro atoms. The fourth-order valence-corrected chi connectivity index (χ4v) is 2.22. The number of rotatable bonds is 2. The van der Waals surface area contributed by atoms with Gasteiger partial charge in [0.2, 0.25) is 0 Å². The molecular formula is C14H19N3OS. The lowest BCUT2D eigenvalue weighted by Crippen LogP contribution is -2.31. The number of hydrogen-bond donors (Lipinski definition) is 0. The Balaban J connectivity index is 2.77. The third-order valence-electron chi connectivity index (χ3n) is 3.47. The predicted octanol–water partition coefficient (Wildman–Crippen LogP) is 3.12. The van der Waals surface area contributed by atoms with Gasteiger partial charge in [-0.15, -0.1) is 0 Å². The van der Waals surface area contributed by atoms with E-state index in [0.29, 0.717) is 10.8 Å². The summed E-state index contributed by atoms with van der Waals surface area (Å²) in [7, 11) is 0. The summed E-state index contributed by atoms with van der Waals surface area (Å²) in [6.07, 6.45) is 3.71. The van der Waals surface area contributed by atoms with Crippen molar-refractivity contribution in [1.29, 1.82) is 0 Å². The van der Waals surface area contributed by atoms with Gasteiger partial charge in [0, 0.05) is 23.7 Å². The second kappa shape index (κ2) is 4.96. The summed E-state index contributed by atoms with van der Waals surface area (Å²) in [5.74, 6) is 0. The maximum absolute atomic E-state index is 12.2. The van der Waals surface area contributed by atoms with E-state index >= 15 is 0 Å². The minimum absolute atomic E-state index is 0.0113. The highest BCUT2D eigenvalue weighted by Crippen LogP contribution is 2.30. The highest BCUT2D eigenvalue weighted by Gasteiger charge is 2.24. The van der Waals surface area contributed by atoms with E-state index in [-0.39, 0.29) is 17.0 Å². The molecule has 0 amide bonds. The van der Waals surface area contributed by atoms with E-state index in [9.17, 15) is 4.79 Å². The van der Waals surface area contributed by atoms with Crippen LogP contribution in [0.2, 0.25) is 0 Å². The molecule has 4 nitrogen and oxygen atoms in total. The summed E-state index contributed by atoms with van der Waals surface area (Å²) in [4.78, 5) is 21.0. The summed E-state index contributed by atoms with van der Waals surface area (Å²) in [5, 5.41) is 1.58. The Bertz CT molecular complexity index is 658. The van der Waals surface area contributed by atoms with Gasteiger partial charge in [0.25, 0.3) is 5.56 Å². The molecule has 2 aromatic heterocycles. The zero-order chi connectivity index (χ0) is 14.2. The van der Waals surface area contributed by atoms with E-state index in [1.807, 2.05) is 6.26 Å². The first kappa shape index (κ1) is 14.1. The van der Waals surface area contributed by atoms with Crippen LogP contribution in [0, 0.1) is 5.41 Å². The van der Waals surface area contributed by atoms with Gasteiger partial charge in [0.1, 0.15) is 5.65 Å². The second-order valence-corrected chi connectivity index (χ2v) is 6.49. The SMILES string of the molecule is CSc1ncc2ccc(=O)n([C@@H](C)C(C)(C)C)c2n1. The molecule has 2 aromatic rings. The van der Waals surface area contributed by atoms with Crippen molar-refractivity contribution < 1.29 is 0 Å². The monoisotopic (exact) mass is 277 g/mol. The molecule has 1 atom stereocenters. The molecule has 0 aliphatic carbocycles. The third-order valence-corrected chi connectivity index (χ3v) is 4.03. The van der Waals surface area contributed by atoms with Gasteiger partial charge in [-0.1, -0.05) is 32.5 Å². The summed E-state index contributed by atoms with van der Waals surface area (Å²) >= 11 is 1.48. The lowest BCUT2D eigenvalue weighted by atomic mass is 9.87. The molecule has 0 bridgehead atoms. The van der Waals surface area contributed by atoms with Crippen molar-refractivity contribution in [1.82, 2.24) is 14.5 Å². The Kier molecular flexibility index (Phi) is 3.67. The summed E-state index contributed by atoms with van der Waals surface area (Å²) in [6, 6.07) is 3.44. The van der Waals surface area contributed by atoms with E-state index in [2.05, 4.69) is 37.7 Å². The molecule has 0 N–H and O–H groups in total. The third kappa shape index (κ3) is 2.66. The summed E-state index contributed by atoms with van der Waals surface area (Å²) in [5.41, 5.74) is 0.692.